The molecule has 0 atom stereocenters. The molecule has 17 heavy (non-hydrogen) atoms. The highest BCUT2D eigenvalue weighted by Crippen LogP contribution is 2.26. The Morgan fingerprint density at radius 3 is 1.00 bits per heavy atom. The van der Waals surface area contributed by atoms with E-state index in [4.69, 9.17) is 4.74 Å². The van der Waals surface area contributed by atoms with E-state index in [1.165, 1.54) is 0 Å². The van der Waals surface area contributed by atoms with Gasteiger partial charge in [0.1, 0.15) is 0 Å². The number of hydrogen-bond acceptors (Lipinski definition) is 1. The smallest absolute Gasteiger partial charge is 0.0627 e. The van der Waals surface area contributed by atoms with E-state index in [0.717, 1.165) is 0 Å². The maximum absolute atomic E-state index is 5.68. The van der Waals surface area contributed by atoms with Crippen molar-refractivity contribution >= 4 is 0 Å². The van der Waals surface area contributed by atoms with Crippen molar-refractivity contribution in [3.63, 3.8) is 0 Å². The molecule has 0 radical (unpaired) electrons. The van der Waals surface area contributed by atoms with Gasteiger partial charge in [-0.25, -0.2) is 0 Å². The first-order valence-corrected chi connectivity index (χ1v) is 5.47. The molecule has 0 aliphatic carbocycles. The quantitative estimate of drug-likeness (QED) is 0.514. The molecule has 0 bridgehead atoms. The maximum Gasteiger partial charge on any atom is 0.0627 e. The Balaban J connectivity index is 4.58. The van der Waals surface area contributed by atoms with E-state index >= 15 is 0 Å². The summed E-state index contributed by atoms with van der Waals surface area (Å²) in [6, 6.07) is 0. The number of ether oxygens (including phenoxy) is 1. The van der Waals surface area contributed by atoms with E-state index in [0.29, 0.717) is 13.2 Å². The van der Waals surface area contributed by atoms with Crippen LogP contribution in [0, 0.1) is 10.8 Å². The minimum atomic E-state index is -0.394. The maximum atomic E-state index is 5.68. The zero-order chi connectivity index (χ0) is 13.4. The van der Waals surface area contributed by atoms with Crippen LogP contribution in [0.2, 0.25) is 0 Å². The van der Waals surface area contributed by atoms with E-state index in [2.05, 4.69) is 39.5 Å². The monoisotopic (exact) mass is 230 g/mol. The molecule has 0 fully saturated rings. The molecular weight excluding hydrogens is 208 g/mol. The summed E-state index contributed by atoms with van der Waals surface area (Å²) in [5, 5.41) is 0. The van der Waals surface area contributed by atoms with E-state index in [-0.39, 0.29) is 0 Å². The molecular formula is C16H22O. The van der Waals surface area contributed by atoms with Gasteiger partial charge in [0.2, 0.25) is 0 Å². The topological polar surface area (TPSA) is 9.23 Å². The van der Waals surface area contributed by atoms with Crippen molar-refractivity contribution in [1.82, 2.24) is 0 Å². The lowest BCUT2D eigenvalue weighted by molar-refractivity contribution is 0.0776. The third kappa shape index (κ3) is 3.72. The standard InChI is InChI=1S/C16H22O/c1-7-15(8-2,9-3)13-17-14-16(10-4,11-5)12-6/h7-12H,1-6,13-14H2. The fourth-order valence-corrected chi connectivity index (χ4v) is 1.26. The van der Waals surface area contributed by atoms with Gasteiger partial charge in [0.05, 0.1) is 13.2 Å². The van der Waals surface area contributed by atoms with Crippen LogP contribution in [0.25, 0.3) is 0 Å². The van der Waals surface area contributed by atoms with E-state index in [1.54, 1.807) is 36.5 Å². The van der Waals surface area contributed by atoms with Gasteiger partial charge in [-0.1, -0.05) is 36.5 Å². The lowest BCUT2D eigenvalue weighted by Crippen LogP contribution is -2.25. The second-order valence-corrected chi connectivity index (χ2v) is 3.94. The van der Waals surface area contributed by atoms with Crippen molar-refractivity contribution in [1.29, 1.82) is 0 Å². The second-order valence-electron chi connectivity index (χ2n) is 3.94. The minimum absolute atomic E-state index is 0.394. The highest BCUT2D eigenvalue weighted by molar-refractivity contribution is 5.18. The molecule has 0 aromatic rings. The van der Waals surface area contributed by atoms with Crippen molar-refractivity contribution in [2.45, 2.75) is 0 Å². The summed E-state index contributed by atoms with van der Waals surface area (Å²) in [4.78, 5) is 0. The third-order valence-corrected chi connectivity index (χ3v) is 2.98. The number of rotatable bonds is 10. The Morgan fingerprint density at radius 1 is 0.588 bits per heavy atom. The van der Waals surface area contributed by atoms with Crippen molar-refractivity contribution in [2.75, 3.05) is 13.2 Å². The van der Waals surface area contributed by atoms with Crippen LogP contribution in [0.15, 0.2) is 75.9 Å². The summed E-state index contributed by atoms with van der Waals surface area (Å²) in [5.41, 5.74) is -0.787. The van der Waals surface area contributed by atoms with E-state index in [1.807, 2.05) is 0 Å². The van der Waals surface area contributed by atoms with Gasteiger partial charge >= 0.3 is 0 Å². The van der Waals surface area contributed by atoms with Gasteiger partial charge in [0.25, 0.3) is 0 Å². The Bertz CT molecular complexity index is 247. The van der Waals surface area contributed by atoms with Crippen LogP contribution in [-0.2, 0) is 4.74 Å². The van der Waals surface area contributed by atoms with Crippen molar-refractivity contribution in [2.24, 2.45) is 10.8 Å². The lowest BCUT2D eigenvalue weighted by atomic mass is 9.88. The van der Waals surface area contributed by atoms with Crippen molar-refractivity contribution in [3.8, 4) is 0 Å². The molecule has 0 amide bonds. The minimum Gasteiger partial charge on any atom is -0.378 e. The number of hydrogen-bond donors (Lipinski definition) is 0. The Morgan fingerprint density at radius 2 is 0.824 bits per heavy atom. The summed E-state index contributed by atoms with van der Waals surface area (Å²) < 4.78 is 5.68. The SMILES string of the molecule is C=CC(C=C)(C=C)COCC(C=C)(C=C)C=C. The predicted molar refractivity (Wildman–Crippen MR) is 76.9 cm³/mol. The molecule has 0 N–H and O–H groups in total. The first-order chi connectivity index (χ1) is 8.07. The first-order valence-electron chi connectivity index (χ1n) is 5.47. The Kier molecular flexibility index (Phi) is 6.22. The fourth-order valence-electron chi connectivity index (χ4n) is 1.26. The van der Waals surface area contributed by atoms with Crippen LogP contribution < -0.4 is 0 Å². The van der Waals surface area contributed by atoms with Crippen LogP contribution in [0.3, 0.4) is 0 Å². The molecule has 1 nitrogen and oxygen atoms in total. The van der Waals surface area contributed by atoms with Crippen molar-refractivity contribution in [3.05, 3.63) is 75.9 Å². The molecule has 0 aromatic heterocycles. The van der Waals surface area contributed by atoms with Gasteiger partial charge in [0.15, 0.2) is 0 Å². The van der Waals surface area contributed by atoms with E-state index < -0.39 is 10.8 Å². The molecule has 0 unspecified atom stereocenters. The normalized spacial score (nSPS) is 11.3. The average Bonchev–Trinajstić information content (AvgIpc) is 2.41. The second kappa shape index (κ2) is 6.87. The first kappa shape index (κ1) is 15.4. The summed E-state index contributed by atoms with van der Waals surface area (Å²) in [5.74, 6) is 0. The summed E-state index contributed by atoms with van der Waals surface area (Å²) >= 11 is 0. The summed E-state index contributed by atoms with van der Waals surface area (Å²) in [6.07, 6.45) is 10.6. The zero-order valence-corrected chi connectivity index (χ0v) is 10.5. The molecule has 0 saturated carbocycles. The average molecular weight is 230 g/mol. The Labute approximate surface area is 105 Å². The van der Waals surface area contributed by atoms with Gasteiger partial charge in [-0.2, -0.15) is 0 Å². The van der Waals surface area contributed by atoms with Gasteiger partial charge in [-0.15, -0.1) is 39.5 Å². The summed E-state index contributed by atoms with van der Waals surface area (Å²) in [7, 11) is 0. The fraction of sp³-hybridized carbons (Fsp3) is 0.250. The van der Waals surface area contributed by atoms with Crippen LogP contribution in [0.5, 0.6) is 0 Å². The molecule has 92 valence electrons. The van der Waals surface area contributed by atoms with Crippen LogP contribution in [0.1, 0.15) is 0 Å². The highest BCUT2D eigenvalue weighted by atomic mass is 16.5. The molecule has 0 heterocycles. The Hall–Kier alpha value is -1.60. The van der Waals surface area contributed by atoms with Gasteiger partial charge in [0, 0.05) is 10.8 Å². The largest absolute Gasteiger partial charge is 0.378 e. The molecule has 0 spiro atoms. The molecule has 0 rings (SSSR count). The van der Waals surface area contributed by atoms with Crippen molar-refractivity contribution < 1.29 is 4.74 Å². The van der Waals surface area contributed by atoms with Gasteiger partial charge in [-0.05, 0) is 0 Å². The predicted octanol–water partition coefficient (Wildman–Crippen LogP) is 4.09. The molecule has 0 aliphatic heterocycles. The summed E-state index contributed by atoms with van der Waals surface area (Å²) in [6.45, 7) is 23.5. The molecule has 0 saturated heterocycles. The van der Waals surface area contributed by atoms with Gasteiger partial charge in [-0.3, -0.25) is 0 Å². The molecule has 1 heteroatoms. The van der Waals surface area contributed by atoms with Crippen LogP contribution >= 0.6 is 0 Å². The zero-order valence-electron chi connectivity index (χ0n) is 10.5. The lowest BCUT2D eigenvalue weighted by Gasteiger charge is -2.27. The van der Waals surface area contributed by atoms with E-state index in [9.17, 15) is 0 Å². The van der Waals surface area contributed by atoms with Gasteiger partial charge < -0.3 is 4.74 Å². The third-order valence-electron chi connectivity index (χ3n) is 2.98. The molecule has 0 aliphatic rings. The highest BCUT2D eigenvalue weighted by Gasteiger charge is 2.22. The van der Waals surface area contributed by atoms with Crippen LogP contribution in [-0.4, -0.2) is 13.2 Å². The molecule has 0 aromatic carbocycles. The van der Waals surface area contributed by atoms with Crippen LogP contribution in [0.4, 0.5) is 0 Å².